The molecule has 8 amide bonds. The molecule has 28 nitrogen and oxygen atoms in total. The van der Waals surface area contributed by atoms with Crippen LogP contribution < -0.4 is 24.8 Å². The minimum Gasteiger partial charge on any atom is -0.618 e. The molecule has 13 rings (SSSR count). The van der Waals surface area contributed by atoms with E-state index in [4.69, 9.17) is 55.9 Å². The summed E-state index contributed by atoms with van der Waals surface area (Å²) in [4.78, 5) is 146. The summed E-state index contributed by atoms with van der Waals surface area (Å²) >= 11 is 26.3. The third-order valence-corrected chi connectivity index (χ3v) is 25.7. The largest absolute Gasteiger partial charge is 0.618 e. The first-order valence-electron chi connectivity index (χ1n) is 41.9. The zero-order chi connectivity index (χ0) is 89.5. The van der Waals surface area contributed by atoms with Crippen molar-refractivity contribution in [3.8, 4) is 45.5 Å². The lowest BCUT2D eigenvalue weighted by Crippen LogP contribution is -2.65. The van der Waals surface area contributed by atoms with E-state index in [-0.39, 0.29) is 82.1 Å². The van der Waals surface area contributed by atoms with Gasteiger partial charge in [0.05, 0.1) is 86.1 Å². The van der Waals surface area contributed by atoms with Crippen LogP contribution >= 0.6 is 46.4 Å². The molecule has 4 aliphatic heterocycles. The Kier molecular flexibility index (Phi) is 29.1. The monoisotopic (exact) mass is 1780 g/mol. The molecule has 9 aromatic rings. The maximum absolute atomic E-state index is 16.1. The first-order valence-corrected chi connectivity index (χ1v) is 43.4. The summed E-state index contributed by atoms with van der Waals surface area (Å²) in [5.74, 6) is -4.79. The average molecular weight is 1780 g/mol. The molecule has 8 atom stereocenters. The van der Waals surface area contributed by atoms with Gasteiger partial charge in [0.2, 0.25) is 47.3 Å². The summed E-state index contributed by atoms with van der Waals surface area (Å²) in [7, 11) is 14.9. The predicted molar refractivity (Wildman–Crippen MR) is 475 cm³/mol. The number of aromatic nitrogens is 5. The van der Waals surface area contributed by atoms with Crippen molar-refractivity contribution in [2.45, 2.75) is 139 Å². The van der Waals surface area contributed by atoms with Gasteiger partial charge in [0.15, 0.2) is 11.9 Å². The molecule has 0 saturated carbocycles. The number of benzene rings is 6. The maximum Gasteiger partial charge on any atom is 0.247 e. The molecule has 7 heterocycles. The molecule has 4 saturated heterocycles. The van der Waals surface area contributed by atoms with Crippen LogP contribution in [0, 0.1) is 17.0 Å². The van der Waals surface area contributed by atoms with E-state index in [1.165, 1.54) is 45.7 Å². The summed E-state index contributed by atoms with van der Waals surface area (Å²) in [6.07, 6.45) is 5.21. The van der Waals surface area contributed by atoms with Crippen molar-refractivity contribution in [2.75, 3.05) is 81.7 Å². The number of fused-ring (bicyclic) bond motifs is 4. The number of ether oxygens (including phenoxy) is 2. The van der Waals surface area contributed by atoms with E-state index in [0.29, 0.717) is 91.8 Å². The number of carbonyl (C=O) groups is 8. The number of nitrogens with one attached hydrogen (secondary N) is 2. The van der Waals surface area contributed by atoms with Crippen molar-refractivity contribution < 1.29 is 62.8 Å². The Morgan fingerprint density at radius 2 is 0.888 bits per heavy atom. The molecule has 0 aliphatic carbocycles. The number of imidazole rings is 2. The number of aliphatic hydroxyl groups is 2. The van der Waals surface area contributed by atoms with Crippen molar-refractivity contribution in [3.05, 3.63) is 235 Å². The van der Waals surface area contributed by atoms with E-state index in [1.807, 2.05) is 110 Å². The molecule has 660 valence electrons. The SMILES string of the molecule is C[C@H]1C(=O)N[C@@H](CO)C(=O)N(C)[C@@]2(Cc3ccc(Cl)cc3)CCCN(C2)C(=O)[C@H](Cc2ccc(C[C@@H]3CC(=O)N(Cc4ccc(Cl)cc4Oc4ccc(-c5cnc(CN(C)C)n5C)cc4)[C@@H](C)C(=O)N[C@@H](CO)C(=O)N(C)[C@@]4(Cc5ccc(Cl)cc5)CCCN(C4)C3=O)[n+]([O-])c2)CC(=O)N1Cc1ccc(Cl)cc1Oc1ccc(-c2cnc(CN(C)C)n2C)cc1. The van der Waals surface area contributed by atoms with E-state index >= 15 is 43.6 Å². The molecular weight excluding hydrogens is 1680 g/mol. The van der Waals surface area contributed by atoms with Gasteiger partial charge >= 0.3 is 0 Å². The third-order valence-electron chi connectivity index (χ3n) is 24.8. The van der Waals surface area contributed by atoms with E-state index in [9.17, 15) is 10.2 Å². The van der Waals surface area contributed by atoms with E-state index < -0.39 is 120 Å². The van der Waals surface area contributed by atoms with Crippen molar-refractivity contribution in [2.24, 2.45) is 25.9 Å². The van der Waals surface area contributed by atoms with Gasteiger partial charge in [-0.25, -0.2) is 9.97 Å². The highest BCUT2D eigenvalue weighted by Crippen LogP contribution is 2.40. The summed E-state index contributed by atoms with van der Waals surface area (Å²) < 4.78 is 17.8. The fourth-order valence-electron chi connectivity index (χ4n) is 17.5. The van der Waals surface area contributed by atoms with Crippen LogP contribution in [0.15, 0.2) is 164 Å². The molecule has 3 aromatic heterocycles. The Morgan fingerprint density at radius 1 is 0.504 bits per heavy atom. The number of amides is 8. The van der Waals surface area contributed by atoms with Gasteiger partial charge in [-0.05, 0) is 201 Å². The highest BCUT2D eigenvalue weighted by atomic mass is 35.5. The lowest BCUT2D eigenvalue weighted by atomic mass is 9.80. The number of piperidine rings is 2. The first-order chi connectivity index (χ1) is 59.7. The number of likely N-dealkylation sites (N-methyl/N-ethyl adjacent to an activating group) is 2. The molecule has 0 spiro atoms. The molecule has 4 bridgehead atoms. The van der Waals surface area contributed by atoms with Crippen LogP contribution in [0.5, 0.6) is 23.0 Å². The van der Waals surface area contributed by atoms with Crippen LogP contribution in [-0.4, -0.2) is 233 Å². The molecule has 0 radical (unpaired) electrons. The van der Waals surface area contributed by atoms with E-state index in [1.54, 1.807) is 127 Å². The van der Waals surface area contributed by atoms with Gasteiger partial charge in [0.1, 0.15) is 58.8 Å². The number of hydrogen-bond acceptors (Lipinski definition) is 17. The van der Waals surface area contributed by atoms with Gasteiger partial charge in [-0.2, -0.15) is 4.73 Å². The molecule has 4 fully saturated rings. The number of carbonyl (C=O) groups excluding carboxylic acids is 8. The van der Waals surface area contributed by atoms with E-state index in [0.717, 1.165) is 45.3 Å². The molecule has 32 heteroatoms. The molecular formula is C93H107Cl4N15O13. The second-order valence-corrected chi connectivity index (χ2v) is 35.7. The van der Waals surface area contributed by atoms with E-state index in [2.05, 4.69) is 20.6 Å². The molecule has 0 unspecified atom stereocenters. The van der Waals surface area contributed by atoms with Crippen LogP contribution in [-0.2, 0) is 104 Å². The van der Waals surface area contributed by atoms with Gasteiger partial charge in [0, 0.05) is 128 Å². The predicted octanol–water partition coefficient (Wildman–Crippen LogP) is 10.5. The fraction of sp³-hybridized carbons (Fsp3) is 0.409. The van der Waals surface area contributed by atoms with Gasteiger partial charge in [0.25, 0.3) is 0 Å². The Bertz CT molecular complexity index is 5440. The summed E-state index contributed by atoms with van der Waals surface area (Å²) in [5, 5.41) is 44.5. The van der Waals surface area contributed by atoms with Crippen LogP contribution in [0.3, 0.4) is 0 Å². The number of aliphatic hydroxyl groups excluding tert-OH is 2. The number of pyridine rings is 1. The molecule has 4 aliphatic rings. The van der Waals surface area contributed by atoms with Crippen molar-refractivity contribution in [1.82, 2.24) is 68.9 Å². The number of hydrogen-bond donors (Lipinski definition) is 4. The zero-order valence-electron chi connectivity index (χ0n) is 71.9. The summed E-state index contributed by atoms with van der Waals surface area (Å²) in [5.41, 5.74) is 3.89. The number of halogens is 4. The Balaban J connectivity index is 0.849. The summed E-state index contributed by atoms with van der Waals surface area (Å²) in [6.45, 7) is 2.30. The topological polar surface area (TPSA) is 308 Å². The maximum atomic E-state index is 16.1. The Hall–Kier alpha value is -11.0. The van der Waals surface area contributed by atoms with Crippen molar-refractivity contribution >= 4 is 93.7 Å². The molecule has 125 heavy (non-hydrogen) atoms. The van der Waals surface area contributed by atoms with Gasteiger partial charge in [-0.15, -0.1) is 0 Å². The number of rotatable bonds is 24. The van der Waals surface area contributed by atoms with Crippen LogP contribution in [0.4, 0.5) is 0 Å². The fourth-order valence-corrected chi connectivity index (χ4v) is 18.1. The second kappa shape index (κ2) is 39.7. The quantitative estimate of drug-likeness (QED) is 0.0323. The smallest absolute Gasteiger partial charge is 0.247 e. The normalized spacial score (nSPS) is 21.7. The lowest BCUT2D eigenvalue weighted by molar-refractivity contribution is -0.614. The zero-order valence-corrected chi connectivity index (χ0v) is 74.9. The van der Waals surface area contributed by atoms with Crippen LogP contribution in [0.25, 0.3) is 22.5 Å². The van der Waals surface area contributed by atoms with Crippen molar-refractivity contribution in [1.29, 1.82) is 0 Å². The summed E-state index contributed by atoms with van der Waals surface area (Å²) in [6, 6.07) is 36.0. The Morgan fingerprint density at radius 3 is 1.27 bits per heavy atom. The second-order valence-electron chi connectivity index (χ2n) is 34.0. The van der Waals surface area contributed by atoms with Crippen molar-refractivity contribution in [3.63, 3.8) is 0 Å². The minimum atomic E-state index is -1.49. The average Bonchev–Trinajstić information content (AvgIpc) is 1.75. The van der Waals surface area contributed by atoms with Gasteiger partial charge in [-0.3, -0.25) is 38.4 Å². The van der Waals surface area contributed by atoms with Crippen LogP contribution in [0.2, 0.25) is 20.1 Å². The van der Waals surface area contributed by atoms with Gasteiger partial charge < -0.3 is 83.9 Å². The standard InChI is InChI=1S/C93H107Cl4N15O13/c1-58-86(117)100-76(54-113)90(121)106(9)92(45-60-13-24-69(94)25-14-60)35-11-37-108(56-92)88(119)67(41-84(115)110(58)50-65-18-28-71(96)43-80(65)124-74-31-20-63(21-32-74)78-47-98-82(104(78)7)52-102(3)4)39-62-17-30-73(112(123)49-62)40-68-42-85(116)111(51-66-19-29-72(97)44-81(66)125-75-33-22-64(23-34-75)79-48-99-83(105(79)8)53-103(5)6)59(2)87(118)101-77(55-114)91(122)107(10)93(36-12-38-109(57-93)89(68)120)46-61-15-26-70(95)27-16-61/h13-34,43-44,47-49,58-59,67-68,76-77,113-114H,11-12,35-42,45-46,50-57H2,1-10H3,(H,100,117)(H,101,118)/t58-,59-,67+,68+,76-,77-,92+,93+/m0/s1. The number of nitrogens with zero attached hydrogens (tertiary/aromatic N) is 13. The highest BCUT2D eigenvalue weighted by molar-refractivity contribution is 6.31. The first kappa shape index (κ1) is 91.7. The van der Waals surface area contributed by atoms with Crippen LogP contribution in [0.1, 0.15) is 97.5 Å². The lowest BCUT2D eigenvalue weighted by Gasteiger charge is -2.50. The molecule has 6 aromatic carbocycles. The highest BCUT2D eigenvalue weighted by Gasteiger charge is 2.49. The minimum absolute atomic E-state index is 0.0357. The molecule has 4 N–H and O–H groups in total. The third kappa shape index (κ3) is 21.3. The Labute approximate surface area is 748 Å². The van der Waals surface area contributed by atoms with Gasteiger partial charge in [-0.1, -0.05) is 82.8 Å².